The van der Waals surface area contributed by atoms with E-state index in [1.165, 1.54) is 6.26 Å². The summed E-state index contributed by atoms with van der Waals surface area (Å²) in [6.45, 7) is 0.184. The van der Waals surface area contributed by atoms with Crippen LogP contribution < -0.4 is 16.0 Å². The lowest BCUT2D eigenvalue weighted by atomic mass is 10.2. The number of nitrogens with zero attached hydrogens (tertiary/aromatic N) is 1. The maximum atomic E-state index is 11.2. The summed E-state index contributed by atoms with van der Waals surface area (Å²) in [5, 5.41) is 8.66. The molecule has 0 saturated heterocycles. The first-order valence-corrected chi connectivity index (χ1v) is 5.44. The second kappa shape index (κ2) is 5.71. The molecule has 1 amide bonds. The molecule has 0 spiro atoms. The smallest absolute Gasteiger partial charge is 0.268 e. The summed E-state index contributed by atoms with van der Waals surface area (Å²) >= 11 is 0. The van der Waals surface area contributed by atoms with Gasteiger partial charge in [-0.05, 0) is 30.3 Å². The average molecular weight is 257 g/mol. The number of furan rings is 1. The van der Waals surface area contributed by atoms with E-state index in [1.54, 1.807) is 30.3 Å². The van der Waals surface area contributed by atoms with Gasteiger partial charge in [-0.1, -0.05) is 0 Å². The van der Waals surface area contributed by atoms with Gasteiger partial charge in [0.25, 0.3) is 5.91 Å². The number of ether oxygens (including phenoxy) is 1. The number of rotatable bonds is 4. The number of nitrogens with one attached hydrogen (secondary N) is 1. The van der Waals surface area contributed by atoms with Crippen LogP contribution in [-0.2, 0) is 6.61 Å². The van der Waals surface area contributed by atoms with Crippen molar-refractivity contribution in [1.82, 2.24) is 5.43 Å². The Bertz CT molecular complexity index is 611. The Morgan fingerprint density at radius 2 is 2.16 bits per heavy atom. The first-order valence-electron chi connectivity index (χ1n) is 5.44. The van der Waals surface area contributed by atoms with Crippen LogP contribution in [0.2, 0.25) is 0 Å². The van der Waals surface area contributed by atoms with Crippen molar-refractivity contribution in [1.29, 1.82) is 5.26 Å². The number of hydrazine groups is 1. The Morgan fingerprint density at radius 1 is 1.42 bits per heavy atom. The third-order valence-corrected chi connectivity index (χ3v) is 2.41. The number of nitrogen functional groups attached to an aromatic ring is 1. The van der Waals surface area contributed by atoms with Gasteiger partial charge in [-0.25, -0.2) is 5.84 Å². The minimum absolute atomic E-state index is 0.184. The number of nitriles is 1. The first-order chi connectivity index (χ1) is 9.22. The Balaban J connectivity index is 1.96. The van der Waals surface area contributed by atoms with Crippen molar-refractivity contribution in [3.8, 4) is 11.8 Å². The Morgan fingerprint density at radius 3 is 2.79 bits per heavy atom. The Kier molecular flexibility index (Phi) is 3.81. The van der Waals surface area contributed by atoms with Crippen molar-refractivity contribution in [2.45, 2.75) is 6.61 Å². The van der Waals surface area contributed by atoms with Gasteiger partial charge < -0.3 is 9.15 Å². The first kappa shape index (κ1) is 12.7. The predicted octanol–water partition coefficient (Wildman–Crippen LogP) is 1.33. The van der Waals surface area contributed by atoms with E-state index in [2.05, 4.69) is 0 Å². The molecular weight excluding hydrogens is 246 g/mol. The summed E-state index contributed by atoms with van der Waals surface area (Å²) in [7, 11) is 0. The van der Waals surface area contributed by atoms with Crippen molar-refractivity contribution >= 4 is 5.91 Å². The standard InChI is InChI=1S/C13H11N3O3/c14-6-9-1-3-11(4-2-9)19-8-12-5-10(7-18-12)13(17)16-15/h1-5,7H,8,15H2,(H,16,17). The number of nitrogens with two attached hydrogens (primary N) is 1. The van der Waals surface area contributed by atoms with Crippen molar-refractivity contribution < 1.29 is 13.9 Å². The van der Waals surface area contributed by atoms with Gasteiger partial charge in [-0.2, -0.15) is 5.26 Å². The zero-order valence-electron chi connectivity index (χ0n) is 9.92. The molecule has 1 aromatic heterocycles. The monoisotopic (exact) mass is 257 g/mol. The van der Waals surface area contributed by atoms with Crippen LogP contribution in [0.1, 0.15) is 21.7 Å². The lowest BCUT2D eigenvalue weighted by molar-refractivity contribution is 0.0953. The van der Waals surface area contributed by atoms with Crippen molar-refractivity contribution in [3.05, 3.63) is 53.5 Å². The second-order valence-electron chi connectivity index (χ2n) is 3.70. The largest absolute Gasteiger partial charge is 0.486 e. The Hall–Kier alpha value is -2.78. The van der Waals surface area contributed by atoms with Gasteiger partial charge in [-0.15, -0.1) is 0 Å². The van der Waals surface area contributed by atoms with Gasteiger partial charge in [0.05, 0.1) is 17.2 Å². The Labute approximate surface area is 109 Å². The van der Waals surface area contributed by atoms with E-state index in [0.717, 1.165) is 0 Å². The highest BCUT2D eigenvalue weighted by Gasteiger charge is 2.09. The summed E-state index contributed by atoms with van der Waals surface area (Å²) in [6.07, 6.45) is 1.31. The molecule has 96 valence electrons. The molecule has 19 heavy (non-hydrogen) atoms. The second-order valence-corrected chi connectivity index (χ2v) is 3.70. The van der Waals surface area contributed by atoms with E-state index in [-0.39, 0.29) is 6.61 Å². The number of benzene rings is 1. The fourth-order valence-corrected chi connectivity index (χ4v) is 1.44. The summed E-state index contributed by atoms with van der Waals surface area (Å²) < 4.78 is 10.6. The minimum atomic E-state index is -0.423. The van der Waals surface area contributed by atoms with E-state index in [1.807, 2.05) is 11.5 Å². The van der Waals surface area contributed by atoms with Crippen LogP contribution in [0.25, 0.3) is 0 Å². The lowest BCUT2D eigenvalue weighted by Gasteiger charge is -2.03. The zero-order valence-corrected chi connectivity index (χ0v) is 9.92. The molecule has 0 unspecified atom stereocenters. The van der Waals surface area contributed by atoms with Crippen LogP contribution in [0.5, 0.6) is 5.75 Å². The van der Waals surface area contributed by atoms with Crippen LogP contribution in [-0.4, -0.2) is 5.91 Å². The SMILES string of the molecule is N#Cc1ccc(OCc2cc(C(=O)NN)co2)cc1. The highest BCUT2D eigenvalue weighted by molar-refractivity contribution is 5.93. The molecule has 1 heterocycles. The molecule has 6 heteroatoms. The summed E-state index contributed by atoms with van der Waals surface area (Å²) in [4.78, 5) is 11.2. The van der Waals surface area contributed by atoms with Gasteiger partial charge in [-0.3, -0.25) is 10.2 Å². The van der Waals surface area contributed by atoms with Crippen LogP contribution in [0.15, 0.2) is 41.0 Å². The number of hydrogen-bond acceptors (Lipinski definition) is 5. The fraction of sp³-hybridized carbons (Fsp3) is 0.0769. The summed E-state index contributed by atoms with van der Waals surface area (Å²) in [6, 6.07) is 10.3. The number of carbonyl (C=O) groups is 1. The molecule has 2 rings (SSSR count). The highest BCUT2D eigenvalue weighted by Crippen LogP contribution is 2.15. The van der Waals surface area contributed by atoms with Crippen molar-refractivity contribution in [2.75, 3.05) is 0 Å². The van der Waals surface area contributed by atoms with E-state index < -0.39 is 5.91 Å². The molecule has 0 radical (unpaired) electrons. The summed E-state index contributed by atoms with van der Waals surface area (Å²) in [5.74, 6) is 5.70. The van der Waals surface area contributed by atoms with E-state index in [0.29, 0.717) is 22.6 Å². The van der Waals surface area contributed by atoms with Gasteiger partial charge in [0.2, 0.25) is 0 Å². The fourth-order valence-electron chi connectivity index (χ4n) is 1.44. The van der Waals surface area contributed by atoms with Gasteiger partial charge in [0.15, 0.2) is 0 Å². The molecule has 0 saturated carbocycles. The molecule has 2 aromatic rings. The molecule has 3 N–H and O–H groups in total. The molecule has 0 aliphatic rings. The molecule has 0 fully saturated rings. The van der Waals surface area contributed by atoms with Crippen molar-refractivity contribution in [2.24, 2.45) is 5.84 Å². The summed E-state index contributed by atoms with van der Waals surface area (Å²) in [5.41, 5.74) is 2.91. The molecule has 0 aliphatic heterocycles. The topological polar surface area (TPSA) is 101 Å². The molecule has 0 atom stereocenters. The molecule has 1 aromatic carbocycles. The third-order valence-electron chi connectivity index (χ3n) is 2.41. The van der Waals surface area contributed by atoms with Crippen LogP contribution in [0.3, 0.4) is 0 Å². The van der Waals surface area contributed by atoms with Gasteiger partial charge in [0, 0.05) is 0 Å². The quantitative estimate of drug-likeness (QED) is 0.489. The average Bonchev–Trinajstić information content (AvgIpc) is 2.93. The van der Waals surface area contributed by atoms with Gasteiger partial charge >= 0.3 is 0 Å². The minimum Gasteiger partial charge on any atom is -0.486 e. The van der Waals surface area contributed by atoms with Gasteiger partial charge in [0.1, 0.15) is 24.4 Å². The molecular formula is C13H11N3O3. The lowest BCUT2D eigenvalue weighted by Crippen LogP contribution is -2.29. The van der Waals surface area contributed by atoms with E-state index in [9.17, 15) is 4.79 Å². The highest BCUT2D eigenvalue weighted by atomic mass is 16.5. The van der Waals surface area contributed by atoms with Crippen LogP contribution in [0, 0.1) is 11.3 Å². The van der Waals surface area contributed by atoms with Crippen LogP contribution in [0.4, 0.5) is 0 Å². The number of hydrogen-bond donors (Lipinski definition) is 2. The molecule has 6 nitrogen and oxygen atoms in total. The maximum Gasteiger partial charge on any atom is 0.268 e. The van der Waals surface area contributed by atoms with E-state index >= 15 is 0 Å². The van der Waals surface area contributed by atoms with Crippen LogP contribution >= 0.6 is 0 Å². The predicted molar refractivity (Wildman–Crippen MR) is 65.9 cm³/mol. The maximum absolute atomic E-state index is 11.2. The molecule has 0 bridgehead atoms. The van der Waals surface area contributed by atoms with Crippen molar-refractivity contribution in [3.63, 3.8) is 0 Å². The zero-order chi connectivity index (χ0) is 13.7. The normalized spacial score (nSPS) is 9.68. The molecule has 0 aliphatic carbocycles. The third kappa shape index (κ3) is 3.12. The van der Waals surface area contributed by atoms with E-state index in [4.69, 9.17) is 20.3 Å². The number of amides is 1. The number of carbonyl (C=O) groups excluding carboxylic acids is 1.